The zero-order valence-corrected chi connectivity index (χ0v) is 11.5. The van der Waals surface area contributed by atoms with Gasteiger partial charge in [-0.05, 0) is 24.6 Å². The molecule has 7 heteroatoms. The summed E-state index contributed by atoms with van der Waals surface area (Å²) in [5.74, 6) is -1.40. The number of nitrogens with two attached hydrogens (primary N) is 1. The number of carbonyl (C=O) groups excluding carboxylic acids is 2. The number of fused-ring (bicyclic) bond motifs is 1. The summed E-state index contributed by atoms with van der Waals surface area (Å²) in [6.45, 7) is 1.75. The molecular formula is C15H10N4O3. The number of benzene rings is 1. The van der Waals surface area contributed by atoms with Gasteiger partial charge in [0.05, 0.1) is 28.4 Å². The highest BCUT2D eigenvalue weighted by molar-refractivity contribution is 6.23. The van der Waals surface area contributed by atoms with Crippen molar-refractivity contribution in [1.82, 2.24) is 9.88 Å². The van der Waals surface area contributed by atoms with Crippen LogP contribution >= 0.6 is 0 Å². The molecule has 0 unspecified atom stereocenters. The second-order valence-electron chi connectivity index (χ2n) is 4.89. The summed E-state index contributed by atoms with van der Waals surface area (Å²) >= 11 is 0. The predicted molar refractivity (Wildman–Crippen MR) is 77.7 cm³/mol. The van der Waals surface area contributed by atoms with E-state index in [9.17, 15) is 14.4 Å². The maximum Gasteiger partial charge on any atom is 0.262 e. The molecule has 22 heavy (non-hydrogen) atoms. The highest BCUT2D eigenvalue weighted by Gasteiger charge is 2.32. The lowest BCUT2D eigenvalue weighted by atomic mass is 10.1. The highest BCUT2D eigenvalue weighted by Crippen LogP contribution is 2.24. The molecule has 2 heterocycles. The molecule has 0 spiro atoms. The summed E-state index contributed by atoms with van der Waals surface area (Å²) in [6.07, 6.45) is 0. The average Bonchev–Trinajstić information content (AvgIpc) is 2.75. The van der Waals surface area contributed by atoms with Crippen molar-refractivity contribution in [3.8, 4) is 11.8 Å². The zero-order chi connectivity index (χ0) is 16.0. The first-order chi connectivity index (χ1) is 10.4. The number of nitriles is 1. The number of imide groups is 1. The predicted octanol–water partition coefficient (Wildman–Crippen LogP) is 0.483. The summed E-state index contributed by atoms with van der Waals surface area (Å²) in [5, 5.41) is 11.1. The van der Waals surface area contributed by atoms with Gasteiger partial charge in [-0.25, -0.2) is 0 Å². The van der Waals surface area contributed by atoms with Gasteiger partial charge >= 0.3 is 0 Å². The Morgan fingerprint density at radius 2 is 1.91 bits per heavy atom. The number of anilines is 1. The van der Waals surface area contributed by atoms with Gasteiger partial charge in [-0.3, -0.25) is 24.3 Å². The van der Waals surface area contributed by atoms with Gasteiger partial charge in [-0.2, -0.15) is 5.26 Å². The molecule has 0 saturated carbocycles. The van der Waals surface area contributed by atoms with Crippen LogP contribution in [-0.4, -0.2) is 16.4 Å². The van der Waals surface area contributed by atoms with E-state index >= 15 is 0 Å². The summed E-state index contributed by atoms with van der Waals surface area (Å²) < 4.78 is 1.13. The van der Waals surface area contributed by atoms with Crippen LogP contribution in [0.4, 0.5) is 5.82 Å². The topological polar surface area (TPSA) is 118 Å². The molecule has 0 fully saturated rings. The van der Waals surface area contributed by atoms with Gasteiger partial charge in [-0.15, -0.1) is 0 Å². The number of rotatable bonds is 1. The molecule has 0 aliphatic carbocycles. The molecule has 0 saturated heterocycles. The summed E-state index contributed by atoms with van der Waals surface area (Å²) in [7, 11) is 0. The van der Waals surface area contributed by atoms with Crippen LogP contribution in [0.5, 0.6) is 0 Å². The van der Waals surface area contributed by atoms with Crippen LogP contribution in [0.1, 0.15) is 31.8 Å². The molecule has 0 atom stereocenters. The van der Waals surface area contributed by atoms with Crippen LogP contribution in [0.3, 0.4) is 0 Å². The van der Waals surface area contributed by atoms with E-state index in [1.165, 1.54) is 6.07 Å². The number of hydrogen-bond donors (Lipinski definition) is 2. The number of pyridine rings is 1. The van der Waals surface area contributed by atoms with Crippen LogP contribution < -0.4 is 16.6 Å². The van der Waals surface area contributed by atoms with Gasteiger partial charge < -0.3 is 5.73 Å². The highest BCUT2D eigenvalue weighted by atomic mass is 16.2. The molecule has 1 aliphatic heterocycles. The van der Waals surface area contributed by atoms with Crippen molar-refractivity contribution in [2.45, 2.75) is 6.92 Å². The third-order valence-corrected chi connectivity index (χ3v) is 3.53. The third-order valence-electron chi connectivity index (χ3n) is 3.53. The fourth-order valence-electron chi connectivity index (χ4n) is 2.45. The molecule has 7 nitrogen and oxygen atoms in total. The molecule has 0 radical (unpaired) electrons. The number of aromatic nitrogens is 1. The fraction of sp³-hybridized carbons (Fsp3) is 0.0667. The first-order valence-corrected chi connectivity index (χ1v) is 6.36. The number of aryl methyl sites for hydroxylation is 1. The van der Waals surface area contributed by atoms with Gasteiger partial charge in [0.15, 0.2) is 0 Å². The monoisotopic (exact) mass is 294 g/mol. The number of nitrogen functional groups attached to an aromatic ring is 1. The van der Waals surface area contributed by atoms with Crippen LogP contribution in [0, 0.1) is 18.3 Å². The van der Waals surface area contributed by atoms with Crippen molar-refractivity contribution in [2.24, 2.45) is 0 Å². The normalized spacial score (nSPS) is 12.7. The smallest absolute Gasteiger partial charge is 0.262 e. The van der Waals surface area contributed by atoms with Crippen LogP contribution in [0.15, 0.2) is 29.1 Å². The lowest BCUT2D eigenvalue weighted by molar-refractivity contribution is 0.0880. The van der Waals surface area contributed by atoms with Crippen molar-refractivity contribution in [1.29, 1.82) is 5.26 Å². The van der Waals surface area contributed by atoms with E-state index < -0.39 is 17.4 Å². The quantitative estimate of drug-likeness (QED) is 0.742. The van der Waals surface area contributed by atoms with E-state index in [0.29, 0.717) is 16.8 Å². The average molecular weight is 294 g/mol. The Balaban J connectivity index is 2.38. The van der Waals surface area contributed by atoms with Gasteiger partial charge in [0.1, 0.15) is 5.82 Å². The van der Waals surface area contributed by atoms with Crippen LogP contribution in [0.2, 0.25) is 0 Å². The first-order valence-electron chi connectivity index (χ1n) is 6.36. The van der Waals surface area contributed by atoms with E-state index in [4.69, 9.17) is 11.0 Å². The molecule has 1 aliphatic rings. The molecule has 2 amide bonds. The van der Waals surface area contributed by atoms with Gasteiger partial charge in [0.2, 0.25) is 0 Å². The summed E-state index contributed by atoms with van der Waals surface area (Å²) in [4.78, 5) is 35.7. The number of carbonyl (C=O) groups is 2. The molecular weight excluding hydrogens is 284 g/mol. The van der Waals surface area contributed by atoms with E-state index in [1.54, 1.807) is 19.1 Å². The van der Waals surface area contributed by atoms with Crippen molar-refractivity contribution in [3.05, 3.63) is 56.9 Å². The first kappa shape index (κ1) is 13.6. The number of nitrogens with one attached hydrogen (secondary N) is 1. The van der Waals surface area contributed by atoms with Crippen molar-refractivity contribution >= 4 is 17.6 Å². The molecule has 3 N–H and O–H groups in total. The Morgan fingerprint density at radius 1 is 1.18 bits per heavy atom. The fourth-order valence-corrected chi connectivity index (χ4v) is 2.45. The lowest BCUT2D eigenvalue weighted by Gasteiger charge is -2.14. The SMILES string of the molecule is Cc1ccc(C#N)cc1-n1c(N)c2c(cc1=O)C(=O)NC2=O. The minimum absolute atomic E-state index is 0.0219. The largest absolute Gasteiger partial charge is 0.384 e. The Kier molecular flexibility index (Phi) is 2.82. The molecule has 0 bridgehead atoms. The summed E-state index contributed by atoms with van der Waals surface area (Å²) in [5.41, 5.74) is 6.81. The molecule has 108 valence electrons. The van der Waals surface area contributed by atoms with E-state index in [2.05, 4.69) is 5.32 Å². The minimum atomic E-state index is -0.640. The van der Waals surface area contributed by atoms with Crippen molar-refractivity contribution < 1.29 is 9.59 Å². The van der Waals surface area contributed by atoms with Gasteiger partial charge in [0.25, 0.3) is 17.4 Å². The number of nitrogens with zero attached hydrogens (tertiary/aromatic N) is 2. The molecule has 2 aromatic rings. The van der Waals surface area contributed by atoms with Gasteiger partial charge in [-0.1, -0.05) is 6.07 Å². The van der Waals surface area contributed by atoms with Crippen LogP contribution in [-0.2, 0) is 0 Å². The van der Waals surface area contributed by atoms with Gasteiger partial charge in [0, 0.05) is 6.07 Å². The van der Waals surface area contributed by atoms with Crippen LogP contribution in [0.25, 0.3) is 5.69 Å². The molecule has 3 rings (SSSR count). The standard InChI is InChI=1S/C15H10N4O3/c1-7-2-3-8(6-16)4-10(7)19-11(20)5-9-12(13(19)17)15(22)18-14(9)21/h2-5H,17H2,1H3,(H,18,21,22). The lowest BCUT2D eigenvalue weighted by Crippen LogP contribution is -2.24. The van der Waals surface area contributed by atoms with Crippen molar-refractivity contribution in [3.63, 3.8) is 0 Å². The Bertz CT molecular complexity index is 950. The Labute approximate surface area is 124 Å². The second-order valence-corrected chi connectivity index (χ2v) is 4.89. The van der Waals surface area contributed by atoms with E-state index in [-0.39, 0.29) is 16.9 Å². The Hall–Kier alpha value is -3.40. The maximum atomic E-state index is 12.3. The zero-order valence-electron chi connectivity index (χ0n) is 11.5. The second kappa shape index (κ2) is 4.56. The Morgan fingerprint density at radius 3 is 2.59 bits per heavy atom. The number of hydrogen-bond acceptors (Lipinski definition) is 5. The number of amides is 2. The maximum absolute atomic E-state index is 12.3. The minimum Gasteiger partial charge on any atom is -0.384 e. The molecule has 1 aromatic carbocycles. The van der Waals surface area contributed by atoms with E-state index in [0.717, 1.165) is 10.6 Å². The van der Waals surface area contributed by atoms with Crippen molar-refractivity contribution in [2.75, 3.05) is 5.73 Å². The van der Waals surface area contributed by atoms with E-state index in [1.807, 2.05) is 6.07 Å². The third kappa shape index (κ3) is 1.78. The summed E-state index contributed by atoms with van der Waals surface area (Å²) in [6, 6.07) is 7.86. The molecule has 1 aromatic heterocycles.